The lowest BCUT2D eigenvalue weighted by atomic mass is 9.95. The fourth-order valence-corrected chi connectivity index (χ4v) is 2.74. The Morgan fingerprint density at radius 2 is 2.19 bits per heavy atom. The molecule has 1 aliphatic rings. The van der Waals surface area contributed by atoms with Crippen LogP contribution in [0.4, 0.5) is 8.78 Å². The Bertz CT molecular complexity index is 499. The molecule has 2 N–H and O–H groups in total. The first kappa shape index (κ1) is 15.9. The normalized spacial score (nSPS) is 19.8. The lowest BCUT2D eigenvalue weighted by Gasteiger charge is -2.24. The molecule has 0 aliphatic carbocycles. The lowest BCUT2D eigenvalue weighted by molar-refractivity contribution is -0.122. The second-order valence-corrected chi connectivity index (χ2v) is 5.95. The van der Waals surface area contributed by atoms with Crippen molar-refractivity contribution >= 4 is 5.91 Å². The quantitative estimate of drug-likeness (QED) is 0.877. The van der Waals surface area contributed by atoms with Crippen LogP contribution in [0.15, 0.2) is 18.2 Å². The predicted octanol–water partition coefficient (Wildman–Crippen LogP) is 2.92. The zero-order valence-electron chi connectivity index (χ0n) is 12.5. The predicted molar refractivity (Wildman–Crippen MR) is 77.7 cm³/mol. The Morgan fingerprint density at radius 3 is 2.76 bits per heavy atom. The van der Waals surface area contributed by atoms with Crippen LogP contribution in [-0.2, 0) is 4.79 Å². The molecule has 0 radical (unpaired) electrons. The molecule has 116 valence electrons. The molecule has 21 heavy (non-hydrogen) atoms. The third-order valence-electron chi connectivity index (χ3n) is 3.87. The summed E-state index contributed by atoms with van der Waals surface area (Å²) in [6, 6.07) is 3.24. The molecule has 1 amide bonds. The van der Waals surface area contributed by atoms with Crippen molar-refractivity contribution in [3.63, 3.8) is 0 Å². The Morgan fingerprint density at radius 1 is 1.43 bits per heavy atom. The van der Waals surface area contributed by atoms with Gasteiger partial charge in [0.05, 0.1) is 6.04 Å². The van der Waals surface area contributed by atoms with Gasteiger partial charge < -0.3 is 10.6 Å². The minimum atomic E-state index is -0.618. The van der Waals surface area contributed by atoms with Crippen molar-refractivity contribution in [2.75, 3.05) is 6.54 Å². The van der Waals surface area contributed by atoms with Crippen LogP contribution >= 0.6 is 0 Å². The lowest BCUT2D eigenvalue weighted by Crippen LogP contribution is -2.36. The third kappa shape index (κ3) is 4.24. The van der Waals surface area contributed by atoms with E-state index >= 15 is 0 Å². The minimum Gasteiger partial charge on any atom is -0.349 e. The second kappa shape index (κ2) is 6.98. The van der Waals surface area contributed by atoms with Gasteiger partial charge in [-0.25, -0.2) is 8.78 Å². The molecule has 0 bridgehead atoms. The highest BCUT2D eigenvalue weighted by molar-refractivity contribution is 5.77. The largest absolute Gasteiger partial charge is 0.349 e. The number of amides is 1. The van der Waals surface area contributed by atoms with E-state index in [4.69, 9.17) is 0 Å². The summed E-state index contributed by atoms with van der Waals surface area (Å²) >= 11 is 0. The second-order valence-electron chi connectivity index (χ2n) is 5.95. The number of halogens is 2. The Kier molecular flexibility index (Phi) is 5.28. The van der Waals surface area contributed by atoms with Crippen LogP contribution in [0.1, 0.15) is 44.7 Å². The Hall–Kier alpha value is -1.49. The smallest absolute Gasteiger partial charge is 0.222 e. The maximum absolute atomic E-state index is 13.9. The first-order valence-corrected chi connectivity index (χ1v) is 7.45. The Balaban J connectivity index is 2.06. The van der Waals surface area contributed by atoms with E-state index in [9.17, 15) is 13.6 Å². The summed E-state index contributed by atoms with van der Waals surface area (Å²) < 4.78 is 26.9. The average molecular weight is 296 g/mol. The van der Waals surface area contributed by atoms with E-state index in [0.29, 0.717) is 12.0 Å². The van der Waals surface area contributed by atoms with Gasteiger partial charge in [0.25, 0.3) is 0 Å². The van der Waals surface area contributed by atoms with Crippen molar-refractivity contribution in [1.29, 1.82) is 0 Å². The van der Waals surface area contributed by atoms with E-state index in [1.54, 1.807) is 0 Å². The monoisotopic (exact) mass is 296 g/mol. The maximum Gasteiger partial charge on any atom is 0.222 e. The van der Waals surface area contributed by atoms with Crippen LogP contribution in [-0.4, -0.2) is 18.5 Å². The molecule has 1 aliphatic heterocycles. The molecule has 0 saturated carbocycles. The van der Waals surface area contributed by atoms with Gasteiger partial charge in [0, 0.05) is 24.1 Å². The first-order chi connectivity index (χ1) is 9.97. The number of benzene rings is 1. The van der Waals surface area contributed by atoms with Crippen LogP contribution in [0.25, 0.3) is 0 Å². The van der Waals surface area contributed by atoms with Gasteiger partial charge in [-0.2, -0.15) is 0 Å². The van der Waals surface area contributed by atoms with E-state index in [1.165, 1.54) is 12.1 Å². The number of carbonyl (C=O) groups is 1. The summed E-state index contributed by atoms with van der Waals surface area (Å²) in [5.41, 5.74) is 0.333. The van der Waals surface area contributed by atoms with Gasteiger partial charge >= 0.3 is 0 Å². The van der Waals surface area contributed by atoms with E-state index in [0.717, 1.165) is 25.5 Å². The highest BCUT2D eigenvalue weighted by atomic mass is 19.1. The van der Waals surface area contributed by atoms with Crippen molar-refractivity contribution in [1.82, 2.24) is 10.6 Å². The Labute approximate surface area is 124 Å². The fourth-order valence-electron chi connectivity index (χ4n) is 2.74. The van der Waals surface area contributed by atoms with Gasteiger partial charge in [0.15, 0.2) is 0 Å². The van der Waals surface area contributed by atoms with E-state index < -0.39 is 17.7 Å². The van der Waals surface area contributed by atoms with Gasteiger partial charge in [-0.1, -0.05) is 19.9 Å². The summed E-state index contributed by atoms with van der Waals surface area (Å²) in [7, 11) is 0. The molecular weight excluding hydrogens is 274 g/mol. The number of carbonyl (C=O) groups excluding carboxylic acids is 1. The molecule has 1 saturated heterocycles. The SMILES string of the molecule is CC(C)C(NC(=O)CC1CCCN1)c1ccc(F)cc1F. The first-order valence-electron chi connectivity index (χ1n) is 7.45. The molecular formula is C16H22F2N2O. The molecule has 2 rings (SSSR count). The van der Waals surface area contributed by atoms with E-state index in [1.807, 2.05) is 13.8 Å². The molecule has 2 atom stereocenters. The fraction of sp³-hybridized carbons (Fsp3) is 0.562. The molecule has 2 unspecified atom stereocenters. The third-order valence-corrected chi connectivity index (χ3v) is 3.87. The number of hydrogen-bond donors (Lipinski definition) is 2. The van der Waals surface area contributed by atoms with Crippen LogP contribution in [0.2, 0.25) is 0 Å². The number of hydrogen-bond acceptors (Lipinski definition) is 2. The number of nitrogens with one attached hydrogen (secondary N) is 2. The summed E-state index contributed by atoms with van der Waals surface area (Å²) in [6.07, 6.45) is 2.47. The van der Waals surface area contributed by atoms with Crippen LogP contribution in [0, 0.1) is 17.6 Å². The minimum absolute atomic E-state index is 0.0189. The summed E-state index contributed by atoms with van der Waals surface area (Å²) in [6.45, 7) is 4.75. The van der Waals surface area contributed by atoms with Crippen LogP contribution < -0.4 is 10.6 Å². The summed E-state index contributed by atoms with van der Waals surface area (Å²) in [5.74, 6) is -1.31. The molecule has 3 nitrogen and oxygen atoms in total. The van der Waals surface area contributed by atoms with Crippen molar-refractivity contribution in [2.45, 2.75) is 45.2 Å². The molecule has 5 heteroatoms. The van der Waals surface area contributed by atoms with E-state index in [-0.39, 0.29) is 17.9 Å². The zero-order chi connectivity index (χ0) is 15.4. The highest BCUT2D eigenvalue weighted by Gasteiger charge is 2.24. The van der Waals surface area contributed by atoms with Gasteiger partial charge in [-0.05, 0) is 31.4 Å². The zero-order valence-corrected chi connectivity index (χ0v) is 12.5. The molecule has 1 aromatic carbocycles. The molecule has 0 aromatic heterocycles. The number of rotatable bonds is 5. The summed E-state index contributed by atoms with van der Waals surface area (Å²) in [5, 5.41) is 6.14. The highest BCUT2D eigenvalue weighted by Crippen LogP contribution is 2.25. The van der Waals surface area contributed by atoms with Crippen molar-refractivity contribution < 1.29 is 13.6 Å². The molecule has 1 fully saturated rings. The standard InChI is InChI=1S/C16H22F2N2O/c1-10(2)16(13-6-5-11(17)8-14(13)18)20-15(21)9-12-4-3-7-19-12/h5-6,8,10,12,16,19H,3-4,7,9H2,1-2H3,(H,20,21). The molecule has 1 aromatic rings. The molecule has 1 heterocycles. The van der Waals surface area contributed by atoms with Crippen LogP contribution in [0.3, 0.4) is 0 Å². The van der Waals surface area contributed by atoms with E-state index in [2.05, 4.69) is 10.6 Å². The van der Waals surface area contributed by atoms with Crippen molar-refractivity contribution in [3.8, 4) is 0 Å². The van der Waals surface area contributed by atoms with Crippen LogP contribution in [0.5, 0.6) is 0 Å². The van der Waals surface area contributed by atoms with Gasteiger partial charge in [0.1, 0.15) is 11.6 Å². The summed E-state index contributed by atoms with van der Waals surface area (Å²) in [4.78, 5) is 12.1. The average Bonchev–Trinajstić information content (AvgIpc) is 2.89. The van der Waals surface area contributed by atoms with Crippen molar-refractivity contribution in [3.05, 3.63) is 35.4 Å². The van der Waals surface area contributed by atoms with Crippen molar-refractivity contribution in [2.24, 2.45) is 5.92 Å². The van der Waals surface area contributed by atoms with Gasteiger partial charge in [-0.15, -0.1) is 0 Å². The molecule has 0 spiro atoms. The topological polar surface area (TPSA) is 41.1 Å². The maximum atomic E-state index is 13.9. The van der Waals surface area contributed by atoms with Gasteiger partial charge in [-0.3, -0.25) is 4.79 Å². The van der Waals surface area contributed by atoms with Gasteiger partial charge in [0.2, 0.25) is 5.91 Å².